The highest BCUT2D eigenvalue weighted by atomic mass is 15.0. The number of hydrogen-bond donors (Lipinski definition) is 1. The van der Waals surface area contributed by atoms with Crippen LogP contribution in [0.15, 0.2) is 42.9 Å². The second-order valence-electron chi connectivity index (χ2n) is 4.52. The molecule has 1 heterocycles. The van der Waals surface area contributed by atoms with Crippen LogP contribution in [0.25, 0.3) is 0 Å². The predicted molar refractivity (Wildman–Crippen MR) is 69.7 cm³/mol. The van der Waals surface area contributed by atoms with Crippen LogP contribution in [0.2, 0.25) is 0 Å². The highest BCUT2D eigenvalue weighted by Crippen LogP contribution is 2.04. The maximum absolute atomic E-state index is 5.75. The molecule has 0 aliphatic rings. The van der Waals surface area contributed by atoms with Gasteiger partial charge in [0.2, 0.25) is 0 Å². The van der Waals surface area contributed by atoms with Gasteiger partial charge in [0.15, 0.2) is 0 Å². The number of nitrogens with two attached hydrogens (primary N) is 1. The fourth-order valence-corrected chi connectivity index (χ4v) is 1.87. The number of imidazole rings is 1. The third kappa shape index (κ3) is 3.71. The molecule has 1 unspecified atom stereocenters. The Bertz CT molecular complexity index is 446. The zero-order chi connectivity index (χ0) is 12.1. The van der Waals surface area contributed by atoms with Crippen molar-refractivity contribution in [1.29, 1.82) is 0 Å². The largest absolute Gasteiger partial charge is 0.337 e. The highest BCUT2D eigenvalue weighted by Gasteiger charge is 2.02. The Morgan fingerprint density at radius 2 is 2.06 bits per heavy atom. The van der Waals surface area contributed by atoms with Crippen LogP contribution in [0.4, 0.5) is 0 Å². The molecule has 2 rings (SSSR count). The lowest BCUT2D eigenvalue weighted by molar-refractivity contribution is 0.691. The van der Waals surface area contributed by atoms with E-state index >= 15 is 0 Å². The Hall–Kier alpha value is -1.61. The molecule has 1 aromatic carbocycles. The zero-order valence-electron chi connectivity index (χ0n) is 10.2. The lowest BCUT2D eigenvalue weighted by Gasteiger charge is -2.02. The number of rotatable bonds is 5. The Morgan fingerprint density at radius 3 is 2.76 bits per heavy atom. The normalized spacial score (nSPS) is 12.6. The number of aromatic nitrogens is 2. The van der Waals surface area contributed by atoms with Crippen molar-refractivity contribution in [2.75, 3.05) is 0 Å². The van der Waals surface area contributed by atoms with Gasteiger partial charge < -0.3 is 10.3 Å². The molecule has 1 aromatic heterocycles. The predicted octanol–water partition coefficient (Wildman–Crippen LogP) is 2.02. The van der Waals surface area contributed by atoms with Crippen LogP contribution >= 0.6 is 0 Å². The van der Waals surface area contributed by atoms with Crippen molar-refractivity contribution in [2.24, 2.45) is 5.73 Å². The minimum absolute atomic E-state index is 0.174. The first-order chi connectivity index (χ1) is 8.24. The van der Waals surface area contributed by atoms with Gasteiger partial charge in [-0.1, -0.05) is 30.3 Å². The summed E-state index contributed by atoms with van der Waals surface area (Å²) in [7, 11) is 0. The smallest absolute Gasteiger partial charge is 0.0949 e. The molecule has 0 amide bonds. The molecule has 0 fully saturated rings. The lowest BCUT2D eigenvalue weighted by Crippen LogP contribution is -2.17. The maximum Gasteiger partial charge on any atom is 0.0949 e. The summed E-state index contributed by atoms with van der Waals surface area (Å²) < 4.78 is 2.13. The second kappa shape index (κ2) is 5.64. The standard InChI is InChI=1S/C14H19N3/c1-12(15)9-14-10-17(11-16-14)8-7-13-5-3-2-4-6-13/h2-6,10-12H,7-9,15H2,1H3. The quantitative estimate of drug-likeness (QED) is 0.852. The van der Waals surface area contributed by atoms with Gasteiger partial charge in [-0.25, -0.2) is 4.98 Å². The number of aryl methyl sites for hydroxylation is 2. The lowest BCUT2D eigenvalue weighted by atomic mass is 10.1. The molecule has 3 heteroatoms. The molecule has 0 radical (unpaired) electrons. The summed E-state index contributed by atoms with van der Waals surface area (Å²) in [5.74, 6) is 0. The van der Waals surface area contributed by atoms with E-state index in [0.717, 1.165) is 25.1 Å². The van der Waals surface area contributed by atoms with E-state index in [9.17, 15) is 0 Å². The molecule has 2 aromatic rings. The van der Waals surface area contributed by atoms with Crippen LogP contribution in [-0.2, 0) is 19.4 Å². The van der Waals surface area contributed by atoms with E-state index in [0.29, 0.717) is 0 Å². The summed E-state index contributed by atoms with van der Waals surface area (Å²) >= 11 is 0. The molecule has 90 valence electrons. The first kappa shape index (κ1) is 11.9. The van der Waals surface area contributed by atoms with Gasteiger partial charge in [0, 0.05) is 25.2 Å². The Balaban J connectivity index is 1.89. The molecular formula is C14H19N3. The summed E-state index contributed by atoms with van der Waals surface area (Å²) in [5.41, 5.74) is 8.18. The van der Waals surface area contributed by atoms with Crippen molar-refractivity contribution in [1.82, 2.24) is 9.55 Å². The Labute approximate surface area is 102 Å². The van der Waals surface area contributed by atoms with Crippen LogP contribution < -0.4 is 5.73 Å². The summed E-state index contributed by atoms with van der Waals surface area (Å²) in [5, 5.41) is 0. The van der Waals surface area contributed by atoms with E-state index in [1.54, 1.807) is 0 Å². The van der Waals surface area contributed by atoms with E-state index in [1.165, 1.54) is 5.56 Å². The average Bonchev–Trinajstić information content (AvgIpc) is 2.75. The fourth-order valence-electron chi connectivity index (χ4n) is 1.87. The van der Waals surface area contributed by atoms with Crippen LogP contribution in [-0.4, -0.2) is 15.6 Å². The summed E-state index contributed by atoms with van der Waals surface area (Å²) in [6, 6.07) is 10.7. The van der Waals surface area contributed by atoms with Gasteiger partial charge in [0.1, 0.15) is 0 Å². The van der Waals surface area contributed by atoms with Crippen molar-refractivity contribution in [3.05, 3.63) is 54.1 Å². The van der Waals surface area contributed by atoms with Crippen molar-refractivity contribution in [3.63, 3.8) is 0 Å². The van der Waals surface area contributed by atoms with Crippen molar-refractivity contribution in [2.45, 2.75) is 32.4 Å². The molecule has 0 aliphatic heterocycles. The number of nitrogens with zero attached hydrogens (tertiary/aromatic N) is 2. The number of benzene rings is 1. The highest BCUT2D eigenvalue weighted by molar-refractivity contribution is 5.14. The van der Waals surface area contributed by atoms with Gasteiger partial charge in [-0.3, -0.25) is 0 Å². The number of hydrogen-bond acceptors (Lipinski definition) is 2. The second-order valence-corrected chi connectivity index (χ2v) is 4.52. The molecule has 0 saturated heterocycles. The van der Waals surface area contributed by atoms with Gasteiger partial charge in [-0.2, -0.15) is 0 Å². The van der Waals surface area contributed by atoms with Crippen LogP contribution in [0.1, 0.15) is 18.2 Å². The minimum atomic E-state index is 0.174. The average molecular weight is 229 g/mol. The Kier molecular flexibility index (Phi) is 3.94. The maximum atomic E-state index is 5.75. The molecule has 0 saturated carbocycles. The minimum Gasteiger partial charge on any atom is -0.337 e. The topological polar surface area (TPSA) is 43.8 Å². The third-order valence-electron chi connectivity index (χ3n) is 2.72. The zero-order valence-corrected chi connectivity index (χ0v) is 10.2. The summed E-state index contributed by atoms with van der Waals surface area (Å²) in [6.07, 6.45) is 5.86. The van der Waals surface area contributed by atoms with Gasteiger partial charge >= 0.3 is 0 Å². The Morgan fingerprint density at radius 1 is 1.29 bits per heavy atom. The van der Waals surface area contributed by atoms with E-state index in [2.05, 4.69) is 40.0 Å². The van der Waals surface area contributed by atoms with Gasteiger partial charge in [-0.05, 0) is 18.9 Å². The van der Waals surface area contributed by atoms with Gasteiger partial charge in [0.05, 0.1) is 12.0 Å². The van der Waals surface area contributed by atoms with E-state index in [4.69, 9.17) is 5.73 Å². The molecule has 0 aliphatic carbocycles. The van der Waals surface area contributed by atoms with Crippen LogP contribution in [0, 0.1) is 0 Å². The molecule has 17 heavy (non-hydrogen) atoms. The summed E-state index contributed by atoms with van der Waals surface area (Å²) in [6.45, 7) is 2.97. The van der Waals surface area contributed by atoms with Gasteiger partial charge in [-0.15, -0.1) is 0 Å². The van der Waals surface area contributed by atoms with Crippen molar-refractivity contribution < 1.29 is 0 Å². The fraction of sp³-hybridized carbons (Fsp3) is 0.357. The SMILES string of the molecule is CC(N)Cc1cn(CCc2ccccc2)cn1. The van der Waals surface area contributed by atoms with E-state index in [1.807, 2.05) is 19.3 Å². The molecule has 0 spiro atoms. The monoisotopic (exact) mass is 229 g/mol. The van der Waals surface area contributed by atoms with Crippen molar-refractivity contribution in [3.8, 4) is 0 Å². The third-order valence-corrected chi connectivity index (χ3v) is 2.72. The van der Waals surface area contributed by atoms with Gasteiger partial charge in [0.25, 0.3) is 0 Å². The first-order valence-electron chi connectivity index (χ1n) is 6.04. The molecule has 3 nitrogen and oxygen atoms in total. The molecule has 2 N–H and O–H groups in total. The molecule has 0 bridgehead atoms. The molecule has 1 atom stereocenters. The first-order valence-corrected chi connectivity index (χ1v) is 6.04. The van der Waals surface area contributed by atoms with Crippen LogP contribution in [0.5, 0.6) is 0 Å². The van der Waals surface area contributed by atoms with Crippen LogP contribution in [0.3, 0.4) is 0 Å². The summed E-state index contributed by atoms with van der Waals surface area (Å²) in [4.78, 5) is 4.35. The van der Waals surface area contributed by atoms with E-state index in [-0.39, 0.29) is 6.04 Å². The molecular weight excluding hydrogens is 210 g/mol. The van der Waals surface area contributed by atoms with E-state index < -0.39 is 0 Å². The van der Waals surface area contributed by atoms with Crippen molar-refractivity contribution >= 4 is 0 Å².